The quantitative estimate of drug-likeness (QED) is 0.645. The number of hydrogen-bond donors (Lipinski definition) is 2. The molecule has 150 valence electrons. The molecule has 9 heteroatoms. The van der Waals surface area contributed by atoms with Gasteiger partial charge < -0.3 is 14.8 Å². The van der Waals surface area contributed by atoms with E-state index in [1.54, 1.807) is 19.2 Å². The number of anilines is 1. The van der Waals surface area contributed by atoms with Crippen LogP contribution < -0.4 is 15.2 Å². The number of hydrogen-bond acceptors (Lipinski definition) is 6. The predicted octanol–water partition coefficient (Wildman–Crippen LogP) is 1.85. The standard InChI is InChI=1S/C19H22N2O6S/c1-13(19(23)21-15-6-10-17(11-7-15)28(20,24)25)27-18(22)12-5-14-3-8-16(26-2)9-4-14/h3-4,6-11,13H,5,12H2,1-2H3,(H,21,23)(H2,20,24,25)/t13-/m1/s1. The van der Waals surface area contributed by atoms with E-state index in [1.165, 1.54) is 31.2 Å². The molecule has 0 aliphatic carbocycles. The summed E-state index contributed by atoms with van der Waals surface area (Å²) in [5, 5.41) is 7.56. The number of nitrogens with one attached hydrogen (secondary N) is 1. The molecule has 2 aromatic carbocycles. The molecule has 0 saturated heterocycles. The lowest BCUT2D eigenvalue weighted by atomic mass is 10.1. The average molecular weight is 406 g/mol. The summed E-state index contributed by atoms with van der Waals surface area (Å²) in [5.41, 5.74) is 1.31. The normalized spacial score (nSPS) is 12.1. The smallest absolute Gasteiger partial charge is 0.306 e. The second-order valence-corrected chi connectivity index (χ2v) is 7.60. The van der Waals surface area contributed by atoms with Crippen molar-refractivity contribution in [1.82, 2.24) is 0 Å². The largest absolute Gasteiger partial charge is 0.497 e. The number of ether oxygens (including phenoxy) is 2. The molecule has 0 unspecified atom stereocenters. The van der Waals surface area contributed by atoms with E-state index in [4.69, 9.17) is 14.6 Å². The lowest BCUT2D eigenvalue weighted by Crippen LogP contribution is -2.30. The van der Waals surface area contributed by atoms with Crippen LogP contribution in [0.1, 0.15) is 18.9 Å². The summed E-state index contributed by atoms with van der Waals surface area (Å²) in [5.74, 6) is -0.294. The first-order valence-corrected chi connectivity index (χ1v) is 10.00. The SMILES string of the molecule is COc1ccc(CCC(=O)O[C@H](C)C(=O)Nc2ccc(S(N)(=O)=O)cc2)cc1. The molecule has 8 nitrogen and oxygen atoms in total. The van der Waals surface area contributed by atoms with E-state index >= 15 is 0 Å². The first-order chi connectivity index (χ1) is 13.2. The maximum absolute atomic E-state index is 12.1. The van der Waals surface area contributed by atoms with E-state index in [-0.39, 0.29) is 11.3 Å². The van der Waals surface area contributed by atoms with Gasteiger partial charge in [-0.1, -0.05) is 12.1 Å². The van der Waals surface area contributed by atoms with Gasteiger partial charge >= 0.3 is 5.97 Å². The van der Waals surface area contributed by atoms with E-state index < -0.39 is 28.0 Å². The molecule has 0 spiro atoms. The summed E-state index contributed by atoms with van der Waals surface area (Å²) in [6.07, 6.45) is -0.388. The average Bonchev–Trinajstić information content (AvgIpc) is 2.66. The lowest BCUT2D eigenvalue weighted by molar-refractivity contribution is -0.153. The number of benzene rings is 2. The Balaban J connectivity index is 1.82. The van der Waals surface area contributed by atoms with E-state index in [1.807, 2.05) is 12.1 Å². The maximum atomic E-state index is 12.1. The highest BCUT2D eigenvalue weighted by Gasteiger charge is 2.18. The van der Waals surface area contributed by atoms with Crippen LogP contribution in [0.2, 0.25) is 0 Å². The number of rotatable bonds is 8. The molecule has 0 radical (unpaired) electrons. The number of aryl methyl sites for hydroxylation is 1. The molecular weight excluding hydrogens is 384 g/mol. The van der Waals surface area contributed by atoms with Crippen LogP contribution in [0.3, 0.4) is 0 Å². The first kappa shape index (κ1) is 21.4. The summed E-state index contributed by atoms with van der Waals surface area (Å²) < 4.78 is 32.6. The van der Waals surface area contributed by atoms with Crippen LogP contribution in [0.15, 0.2) is 53.4 Å². The first-order valence-electron chi connectivity index (χ1n) is 8.45. The van der Waals surface area contributed by atoms with Gasteiger partial charge in [-0.15, -0.1) is 0 Å². The Morgan fingerprint density at radius 3 is 2.21 bits per heavy atom. The van der Waals surface area contributed by atoms with Crippen LogP contribution in [-0.4, -0.2) is 33.5 Å². The van der Waals surface area contributed by atoms with Crippen LogP contribution in [0, 0.1) is 0 Å². The Morgan fingerprint density at radius 1 is 1.07 bits per heavy atom. The minimum absolute atomic E-state index is 0.0662. The van der Waals surface area contributed by atoms with Gasteiger partial charge in [0.2, 0.25) is 10.0 Å². The van der Waals surface area contributed by atoms with E-state index in [9.17, 15) is 18.0 Å². The fourth-order valence-corrected chi connectivity index (χ4v) is 2.84. The van der Waals surface area contributed by atoms with Gasteiger partial charge in [0.05, 0.1) is 12.0 Å². The summed E-state index contributed by atoms with van der Waals surface area (Å²) in [4.78, 5) is 24.0. The number of nitrogens with two attached hydrogens (primary N) is 1. The number of esters is 1. The van der Waals surface area contributed by atoms with Crippen LogP contribution in [0.5, 0.6) is 5.75 Å². The fraction of sp³-hybridized carbons (Fsp3) is 0.263. The van der Waals surface area contributed by atoms with E-state index in [2.05, 4.69) is 5.32 Å². The number of primary sulfonamides is 1. The highest BCUT2D eigenvalue weighted by atomic mass is 32.2. The Bertz CT molecular complexity index is 924. The molecule has 1 atom stereocenters. The van der Waals surface area contributed by atoms with Crippen molar-refractivity contribution in [3.63, 3.8) is 0 Å². The van der Waals surface area contributed by atoms with Crippen molar-refractivity contribution in [3.05, 3.63) is 54.1 Å². The van der Waals surface area contributed by atoms with Crippen molar-refractivity contribution in [2.45, 2.75) is 30.8 Å². The molecule has 0 aliphatic rings. The van der Waals surface area contributed by atoms with Gasteiger partial charge in [0.15, 0.2) is 6.10 Å². The lowest BCUT2D eigenvalue weighted by Gasteiger charge is -2.14. The molecule has 2 aromatic rings. The molecule has 28 heavy (non-hydrogen) atoms. The van der Waals surface area contributed by atoms with Gasteiger partial charge in [0.25, 0.3) is 5.91 Å². The Labute approximate surface area is 163 Å². The highest BCUT2D eigenvalue weighted by Crippen LogP contribution is 2.15. The molecule has 0 aliphatic heterocycles. The van der Waals surface area contributed by atoms with Crippen molar-refractivity contribution in [3.8, 4) is 5.75 Å². The molecular formula is C19H22N2O6S. The molecule has 0 aromatic heterocycles. The number of carbonyl (C=O) groups excluding carboxylic acids is 2. The summed E-state index contributed by atoms with van der Waals surface area (Å²) >= 11 is 0. The zero-order valence-corrected chi connectivity index (χ0v) is 16.4. The van der Waals surface area contributed by atoms with E-state index in [0.29, 0.717) is 12.1 Å². The highest BCUT2D eigenvalue weighted by molar-refractivity contribution is 7.89. The van der Waals surface area contributed by atoms with Gasteiger partial charge in [-0.2, -0.15) is 0 Å². The van der Waals surface area contributed by atoms with Crippen molar-refractivity contribution < 1.29 is 27.5 Å². The zero-order chi connectivity index (χ0) is 20.7. The Morgan fingerprint density at radius 2 is 1.68 bits per heavy atom. The van der Waals surface area contributed by atoms with Gasteiger partial charge in [-0.05, 0) is 55.3 Å². The van der Waals surface area contributed by atoms with Crippen molar-refractivity contribution in [2.24, 2.45) is 5.14 Å². The zero-order valence-electron chi connectivity index (χ0n) is 15.5. The van der Waals surface area contributed by atoms with E-state index in [0.717, 1.165) is 11.3 Å². The second kappa shape index (κ2) is 9.34. The van der Waals surface area contributed by atoms with Gasteiger partial charge in [-0.25, -0.2) is 13.6 Å². The predicted molar refractivity (Wildman–Crippen MR) is 103 cm³/mol. The molecule has 0 heterocycles. The number of sulfonamides is 1. The minimum atomic E-state index is -3.80. The van der Waals surface area contributed by atoms with Gasteiger partial charge in [0.1, 0.15) is 5.75 Å². The minimum Gasteiger partial charge on any atom is -0.497 e. The summed E-state index contributed by atoms with van der Waals surface area (Å²) in [7, 11) is -2.23. The fourth-order valence-electron chi connectivity index (χ4n) is 2.32. The number of methoxy groups -OCH3 is 1. The van der Waals surface area contributed by atoms with Gasteiger partial charge in [0, 0.05) is 12.1 Å². The van der Waals surface area contributed by atoms with Crippen LogP contribution in [-0.2, 0) is 30.8 Å². The maximum Gasteiger partial charge on any atom is 0.306 e. The number of carbonyl (C=O) groups is 2. The Hall–Kier alpha value is -2.91. The third-order valence-corrected chi connectivity index (χ3v) is 4.83. The Kier molecular flexibility index (Phi) is 7.13. The molecule has 0 saturated carbocycles. The van der Waals surface area contributed by atoms with Crippen molar-refractivity contribution in [1.29, 1.82) is 0 Å². The molecule has 0 bridgehead atoms. The molecule has 0 fully saturated rings. The van der Waals surface area contributed by atoms with Crippen molar-refractivity contribution in [2.75, 3.05) is 12.4 Å². The topological polar surface area (TPSA) is 125 Å². The van der Waals surface area contributed by atoms with Crippen molar-refractivity contribution >= 4 is 27.6 Å². The van der Waals surface area contributed by atoms with Gasteiger partial charge in [-0.3, -0.25) is 9.59 Å². The second-order valence-electron chi connectivity index (χ2n) is 6.04. The summed E-state index contributed by atoms with van der Waals surface area (Å²) in [6.45, 7) is 1.46. The van der Waals surface area contributed by atoms with Crippen LogP contribution in [0.25, 0.3) is 0 Å². The number of amides is 1. The third-order valence-electron chi connectivity index (χ3n) is 3.90. The van der Waals surface area contributed by atoms with Crippen LogP contribution >= 0.6 is 0 Å². The third kappa shape index (κ3) is 6.36. The molecule has 1 amide bonds. The summed E-state index contributed by atoms with van der Waals surface area (Å²) in [6, 6.07) is 12.7. The monoisotopic (exact) mass is 406 g/mol. The van der Waals surface area contributed by atoms with Crippen LogP contribution in [0.4, 0.5) is 5.69 Å². The molecule has 2 rings (SSSR count). The molecule has 3 N–H and O–H groups in total.